The summed E-state index contributed by atoms with van der Waals surface area (Å²) in [4.78, 5) is 31.8. The minimum absolute atomic E-state index is 0.0321. The maximum absolute atomic E-state index is 11.7. The van der Waals surface area contributed by atoms with E-state index in [0.29, 0.717) is 6.29 Å². The van der Waals surface area contributed by atoms with Crippen LogP contribution < -0.4 is 10.6 Å². The third kappa shape index (κ3) is 6.76. The second-order valence-electron chi connectivity index (χ2n) is 6.32. The highest BCUT2D eigenvalue weighted by molar-refractivity contribution is 5.79. The van der Waals surface area contributed by atoms with Crippen molar-refractivity contribution in [1.29, 1.82) is 0 Å². The van der Waals surface area contributed by atoms with Gasteiger partial charge in [-0.1, -0.05) is 48.5 Å². The lowest BCUT2D eigenvalue weighted by atomic mass is 9.98. The second-order valence-corrected chi connectivity index (χ2v) is 6.32. The van der Waals surface area contributed by atoms with E-state index in [0.717, 1.165) is 0 Å². The lowest BCUT2D eigenvalue weighted by Crippen LogP contribution is -2.34. The molecule has 2 aromatic rings. The van der Waals surface area contributed by atoms with Gasteiger partial charge in [0.2, 0.25) is 0 Å². The van der Waals surface area contributed by atoms with E-state index in [9.17, 15) is 14.4 Å². The van der Waals surface area contributed by atoms with Crippen LogP contribution in [0.15, 0.2) is 48.5 Å². The Morgan fingerprint density at radius 2 is 1.60 bits per heavy atom. The van der Waals surface area contributed by atoms with E-state index >= 15 is 0 Å². The normalized spacial score (nSPS) is 11.9. The monoisotopic (exact) mass is 410 g/mol. The minimum atomic E-state index is -0.822. The maximum atomic E-state index is 11.7. The summed E-state index contributed by atoms with van der Waals surface area (Å²) < 4.78 is 5.30. The highest BCUT2D eigenvalue weighted by Gasteiger charge is 2.29. The van der Waals surface area contributed by atoms with E-state index in [2.05, 4.69) is 47.7 Å². The molecule has 0 bridgehead atoms. The van der Waals surface area contributed by atoms with E-state index in [4.69, 9.17) is 9.84 Å². The van der Waals surface area contributed by atoms with Crippen LogP contribution in [0.25, 0.3) is 11.1 Å². The van der Waals surface area contributed by atoms with Crippen molar-refractivity contribution < 1.29 is 24.2 Å². The first-order valence-electron chi connectivity index (χ1n) is 9.24. The zero-order valence-corrected chi connectivity index (χ0v) is 17.0. The number of terminal acetylenes is 1. The molecule has 1 amide bonds. The molecule has 0 aliphatic heterocycles. The highest BCUT2D eigenvalue weighted by Crippen LogP contribution is 2.44. The Kier molecular flexibility index (Phi) is 10.4. The number of amides is 1. The quantitative estimate of drug-likeness (QED) is 0.500. The number of aliphatic carboxylic acids is 1. The molecule has 1 aliphatic carbocycles. The number of carbonyl (C=O) groups is 3. The van der Waals surface area contributed by atoms with Crippen molar-refractivity contribution in [2.24, 2.45) is 0 Å². The van der Waals surface area contributed by atoms with Gasteiger partial charge in [0.15, 0.2) is 0 Å². The average Bonchev–Trinajstić information content (AvgIpc) is 3.08. The topological polar surface area (TPSA) is 105 Å². The SMILES string of the molecule is C#C.CNCC(=O)O.C[C@@H](C=O)NC(=O)OCC1c2ccccc2-c2ccccc21. The molecule has 1 atom stereocenters. The molecule has 7 heteroatoms. The summed E-state index contributed by atoms with van der Waals surface area (Å²) in [7, 11) is 1.59. The van der Waals surface area contributed by atoms with Gasteiger partial charge in [-0.05, 0) is 36.2 Å². The maximum Gasteiger partial charge on any atom is 0.407 e. The van der Waals surface area contributed by atoms with E-state index < -0.39 is 18.1 Å². The first kappa shape index (κ1) is 24.4. The molecule has 0 fully saturated rings. The largest absolute Gasteiger partial charge is 0.480 e. The number of carbonyl (C=O) groups excluding carboxylic acids is 2. The van der Waals surface area contributed by atoms with Gasteiger partial charge in [0.05, 0.1) is 12.6 Å². The predicted molar refractivity (Wildman–Crippen MR) is 115 cm³/mol. The summed E-state index contributed by atoms with van der Waals surface area (Å²) in [5.74, 6) is -0.790. The first-order valence-corrected chi connectivity index (χ1v) is 9.24. The molecule has 158 valence electrons. The number of ether oxygens (including phenoxy) is 1. The van der Waals surface area contributed by atoms with Gasteiger partial charge in [0, 0.05) is 5.92 Å². The van der Waals surface area contributed by atoms with Crippen LogP contribution in [0.3, 0.4) is 0 Å². The minimum Gasteiger partial charge on any atom is -0.480 e. The van der Waals surface area contributed by atoms with Crippen LogP contribution in [-0.2, 0) is 14.3 Å². The van der Waals surface area contributed by atoms with Crippen LogP contribution >= 0.6 is 0 Å². The number of carboxylic acid groups (broad SMARTS) is 1. The number of alkyl carbamates (subject to hydrolysis) is 1. The lowest BCUT2D eigenvalue weighted by molar-refractivity contribution is -0.135. The number of hydrogen-bond donors (Lipinski definition) is 3. The Labute approximate surface area is 176 Å². The molecule has 0 radical (unpaired) electrons. The molecule has 0 saturated heterocycles. The third-order valence-corrected chi connectivity index (χ3v) is 4.22. The molecule has 0 aromatic heterocycles. The first-order chi connectivity index (χ1) is 14.5. The number of rotatable bonds is 6. The summed E-state index contributed by atoms with van der Waals surface area (Å²) in [6.45, 7) is 1.90. The standard InChI is InChI=1S/C18H17NO3.C3H7NO2.C2H2/c1-12(10-20)19-18(21)22-11-17-15-8-4-2-6-13(15)14-7-3-5-9-16(14)17;1-4-2-3(5)6;1-2/h2-10,12,17H,11H2,1H3,(H,19,21);4H,2H2,1H3,(H,5,6);1-2H/t12-;;/m0../s1. The van der Waals surface area contributed by atoms with Gasteiger partial charge in [-0.15, -0.1) is 12.8 Å². The van der Waals surface area contributed by atoms with Gasteiger partial charge in [0.1, 0.15) is 12.9 Å². The van der Waals surface area contributed by atoms with Gasteiger partial charge in [-0.2, -0.15) is 0 Å². The molecule has 0 unspecified atom stereocenters. The molecule has 0 spiro atoms. The Hall–Kier alpha value is -3.63. The van der Waals surface area contributed by atoms with E-state index in [1.165, 1.54) is 22.3 Å². The molecule has 0 heterocycles. The van der Waals surface area contributed by atoms with E-state index in [-0.39, 0.29) is 19.1 Å². The smallest absolute Gasteiger partial charge is 0.407 e. The summed E-state index contributed by atoms with van der Waals surface area (Å²) >= 11 is 0. The van der Waals surface area contributed by atoms with Crippen molar-refractivity contribution in [3.05, 3.63) is 59.7 Å². The lowest BCUT2D eigenvalue weighted by Gasteiger charge is -2.15. The summed E-state index contributed by atoms with van der Waals surface area (Å²) in [5.41, 5.74) is 4.71. The molecule has 1 aliphatic rings. The van der Waals surface area contributed by atoms with Crippen LogP contribution in [0.4, 0.5) is 4.79 Å². The van der Waals surface area contributed by atoms with Crippen LogP contribution in [0, 0.1) is 12.8 Å². The van der Waals surface area contributed by atoms with Crippen LogP contribution in [-0.4, -0.2) is 49.7 Å². The zero-order chi connectivity index (χ0) is 22.5. The molecule has 3 rings (SSSR count). The Balaban J connectivity index is 0.000000487. The number of fused-ring (bicyclic) bond motifs is 3. The van der Waals surface area contributed by atoms with Gasteiger partial charge in [-0.25, -0.2) is 4.79 Å². The van der Waals surface area contributed by atoms with Gasteiger partial charge < -0.3 is 25.3 Å². The molecule has 30 heavy (non-hydrogen) atoms. The molecule has 2 aromatic carbocycles. The third-order valence-electron chi connectivity index (χ3n) is 4.22. The second kappa shape index (κ2) is 12.8. The van der Waals surface area contributed by atoms with Crippen molar-refractivity contribution in [1.82, 2.24) is 10.6 Å². The Morgan fingerprint density at radius 1 is 1.10 bits per heavy atom. The van der Waals surface area contributed by atoms with E-state index in [1.54, 1.807) is 14.0 Å². The summed E-state index contributed by atoms with van der Waals surface area (Å²) in [5, 5.41) is 12.8. The Bertz CT molecular complexity index is 833. The van der Waals surface area contributed by atoms with Crippen LogP contribution in [0.2, 0.25) is 0 Å². The van der Waals surface area contributed by atoms with Crippen molar-refractivity contribution in [2.75, 3.05) is 20.2 Å². The van der Waals surface area contributed by atoms with Crippen molar-refractivity contribution in [2.45, 2.75) is 18.9 Å². The molecule has 3 N–H and O–H groups in total. The fourth-order valence-electron chi connectivity index (χ4n) is 3.01. The molecular weight excluding hydrogens is 384 g/mol. The van der Waals surface area contributed by atoms with E-state index in [1.807, 2.05) is 24.3 Å². The van der Waals surface area contributed by atoms with Gasteiger partial charge in [0.25, 0.3) is 0 Å². The predicted octanol–water partition coefficient (Wildman–Crippen LogP) is 2.65. The van der Waals surface area contributed by atoms with Crippen LogP contribution in [0.5, 0.6) is 0 Å². The number of hydrogen-bond acceptors (Lipinski definition) is 5. The molecule has 0 saturated carbocycles. The van der Waals surface area contributed by atoms with Crippen molar-refractivity contribution in [3.8, 4) is 24.0 Å². The van der Waals surface area contributed by atoms with Gasteiger partial charge in [-0.3, -0.25) is 4.79 Å². The number of aldehydes is 1. The fourth-order valence-corrected chi connectivity index (χ4v) is 3.01. The average molecular weight is 410 g/mol. The summed E-state index contributed by atoms with van der Waals surface area (Å²) in [6.07, 6.45) is 8.10. The van der Waals surface area contributed by atoms with Crippen LogP contribution in [0.1, 0.15) is 24.0 Å². The number of likely N-dealkylation sites (N-methyl/N-ethyl adjacent to an activating group) is 1. The van der Waals surface area contributed by atoms with Crippen molar-refractivity contribution in [3.63, 3.8) is 0 Å². The number of carboxylic acids is 1. The highest BCUT2D eigenvalue weighted by atomic mass is 16.5. The zero-order valence-electron chi connectivity index (χ0n) is 17.0. The fraction of sp³-hybridized carbons (Fsp3) is 0.261. The number of benzene rings is 2. The molecular formula is C23H26N2O5. The Morgan fingerprint density at radius 3 is 2.00 bits per heavy atom. The van der Waals surface area contributed by atoms with Crippen molar-refractivity contribution >= 4 is 18.3 Å². The van der Waals surface area contributed by atoms with Gasteiger partial charge >= 0.3 is 12.1 Å². The summed E-state index contributed by atoms with van der Waals surface area (Å²) in [6, 6.07) is 15.8. The number of nitrogens with one attached hydrogen (secondary N) is 2. The molecule has 7 nitrogen and oxygen atoms in total.